The Morgan fingerprint density at radius 1 is 1.67 bits per heavy atom. The van der Waals surface area contributed by atoms with Crippen molar-refractivity contribution >= 4 is 10.0 Å². The maximum Gasteiger partial charge on any atom is 0.235 e. The highest BCUT2D eigenvalue weighted by atomic mass is 32.2. The van der Waals surface area contributed by atoms with Gasteiger partial charge in [0.2, 0.25) is 10.0 Å². The van der Waals surface area contributed by atoms with Gasteiger partial charge in [0.1, 0.15) is 0 Å². The summed E-state index contributed by atoms with van der Waals surface area (Å²) in [4.78, 5) is 0.130. The van der Waals surface area contributed by atoms with Gasteiger partial charge in [0.25, 0.3) is 0 Å². The van der Waals surface area contributed by atoms with Gasteiger partial charge in [-0.1, -0.05) is 0 Å². The topological polar surface area (TPSA) is 72.2 Å². The molecule has 4 nitrogen and oxygen atoms in total. The fourth-order valence-corrected chi connectivity index (χ4v) is 0.568. The molecule has 9 heavy (non-hydrogen) atoms. The van der Waals surface area contributed by atoms with E-state index >= 15 is 0 Å². The highest BCUT2D eigenvalue weighted by Gasteiger charge is 2.02. The SMILES string of the molecule is CN/C=C(\C)S(N)(=O)=O. The van der Waals surface area contributed by atoms with Crippen LogP contribution in [0.4, 0.5) is 0 Å². The van der Waals surface area contributed by atoms with Gasteiger partial charge in [-0.2, -0.15) is 0 Å². The normalized spacial score (nSPS) is 13.4. The van der Waals surface area contributed by atoms with Crippen molar-refractivity contribution in [1.82, 2.24) is 5.32 Å². The molecule has 0 aromatic carbocycles. The molecule has 0 aliphatic carbocycles. The lowest BCUT2D eigenvalue weighted by Gasteiger charge is -1.94. The lowest BCUT2D eigenvalue weighted by Crippen LogP contribution is -2.14. The van der Waals surface area contributed by atoms with Gasteiger partial charge in [0.05, 0.1) is 4.91 Å². The average Bonchev–Trinajstić information content (AvgIpc) is 1.64. The lowest BCUT2D eigenvalue weighted by molar-refractivity contribution is 0.603. The van der Waals surface area contributed by atoms with E-state index in [-0.39, 0.29) is 4.91 Å². The lowest BCUT2D eigenvalue weighted by atomic mass is 10.7. The van der Waals surface area contributed by atoms with Crippen molar-refractivity contribution in [2.24, 2.45) is 5.14 Å². The zero-order valence-electron chi connectivity index (χ0n) is 5.38. The molecule has 0 fully saturated rings. The summed E-state index contributed by atoms with van der Waals surface area (Å²) < 4.78 is 20.8. The van der Waals surface area contributed by atoms with E-state index in [4.69, 9.17) is 5.14 Å². The number of sulfonamides is 1. The summed E-state index contributed by atoms with van der Waals surface area (Å²) in [5, 5.41) is 7.28. The molecule has 0 atom stereocenters. The summed E-state index contributed by atoms with van der Waals surface area (Å²) >= 11 is 0. The van der Waals surface area contributed by atoms with Crippen LogP contribution in [0.25, 0.3) is 0 Å². The molecule has 0 radical (unpaired) electrons. The Bertz CT molecular complexity index is 205. The number of primary sulfonamides is 1. The van der Waals surface area contributed by atoms with E-state index < -0.39 is 10.0 Å². The van der Waals surface area contributed by atoms with Gasteiger partial charge < -0.3 is 5.32 Å². The van der Waals surface area contributed by atoms with Crippen LogP contribution in [0, 0.1) is 0 Å². The first kappa shape index (κ1) is 8.45. The molecule has 0 unspecified atom stereocenters. The highest BCUT2D eigenvalue weighted by molar-refractivity contribution is 7.93. The first-order chi connectivity index (χ1) is 3.98. The van der Waals surface area contributed by atoms with Crippen LogP contribution in [0.2, 0.25) is 0 Å². The van der Waals surface area contributed by atoms with Gasteiger partial charge >= 0.3 is 0 Å². The van der Waals surface area contributed by atoms with Crippen LogP contribution < -0.4 is 10.5 Å². The number of rotatable bonds is 2. The van der Waals surface area contributed by atoms with Crippen molar-refractivity contribution in [2.45, 2.75) is 6.92 Å². The maximum atomic E-state index is 10.4. The van der Waals surface area contributed by atoms with Crippen LogP contribution in [0.1, 0.15) is 6.92 Å². The fourth-order valence-electron chi connectivity index (χ4n) is 0.285. The molecule has 0 heterocycles. The van der Waals surface area contributed by atoms with Gasteiger partial charge in [-0.3, -0.25) is 0 Å². The quantitative estimate of drug-likeness (QED) is 0.549. The second-order valence-corrected chi connectivity index (χ2v) is 3.32. The van der Waals surface area contributed by atoms with Crippen LogP contribution in [0.5, 0.6) is 0 Å². The molecular formula is C4H10N2O2S. The predicted molar refractivity (Wildman–Crippen MR) is 35.9 cm³/mol. The predicted octanol–water partition coefficient (Wildman–Crippen LogP) is -0.644. The molecule has 0 saturated heterocycles. The second kappa shape index (κ2) is 2.84. The van der Waals surface area contributed by atoms with Crippen molar-refractivity contribution in [3.8, 4) is 0 Å². The third-order valence-corrected chi connectivity index (χ3v) is 1.81. The van der Waals surface area contributed by atoms with Crippen molar-refractivity contribution in [3.05, 3.63) is 11.1 Å². The Balaban J connectivity index is 4.41. The van der Waals surface area contributed by atoms with E-state index in [1.165, 1.54) is 13.1 Å². The standard InChI is InChI=1S/C4H10N2O2S/c1-4(3-6-2)9(5,7)8/h3,6H,1-2H3,(H2,5,7,8)/b4-3+. The molecule has 0 aromatic rings. The van der Waals surface area contributed by atoms with E-state index in [9.17, 15) is 8.42 Å². The molecule has 3 N–H and O–H groups in total. The molecular weight excluding hydrogens is 140 g/mol. The number of allylic oxidation sites excluding steroid dienone is 1. The summed E-state index contributed by atoms with van der Waals surface area (Å²) in [6.45, 7) is 1.42. The number of nitrogens with one attached hydrogen (secondary N) is 1. The van der Waals surface area contributed by atoms with E-state index in [0.717, 1.165) is 0 Å². The first-order valence-electron chi connectivity index (χ1n) is 2.35. The molecule has 0 aliphatic heterocycles. The Morgan fingerprint density at radius 3 is 2.22 bits per heavy atom. The summed E-state index contributed by atoms with van der Waals surface area (Å²) in [6, 6.07) is 0. The summed E-state index contributed by atoms with van der Waals surface area (Å²) in [7, 11) is -1.86. The van der Waals surface area contributed by atoms with E-state index in [2.05, 4.69) is 5.32 Å². The number of hydrogen-bond donors (Lipinski definition) is 2. The van der Waals surface area contributed by atoms with Gasteiger partial charge in [0, 0.05) is 13.2 Å². The summed E-state index contributed by atoms with van der Waals surface area (Å²) in [5.41, 5.74) is 0. The number of nitrogens with two attached hydrogens (primary N) is 1. The summed E-state index contributed by atoms with van der Waals surface area (Å²) in [6.07, 6.45) is 1.33. The molecule has 0 aliphatic rings. The highest BCUT2D eigenvalue weighted by Crippen LogP contribution is 1.95. The van der Waals surface area contributed by atoms with Gasteiger partial charge in [-0.15, -0.1) is 0 Å². The third kappa shape index (κ3) is 3.10. The van der Waals surface area contributed by atoms with Gasteiger partial charge in [-0.25, -0.2) is 13.6 Å². The van der Waals surface area contributed by atoms with Crippen LogP contribution in [0.15, 0.2) is 11.1 Å². The van der Waals surface area contributed by atoms with Gasteiger partial charge in [-0.05, 0) is 6.92 Å². The molecule has 0 bridgehead atoms. The minimum atomic E-state index is -3.47. The molecule has 0 saturated carbocycles. The van der Waals surface area contributed by atoms with Crippen molar-refractivity contribution < 1.29 is 8.42 Å². The first-order valence-corrected chi connectivity index (χ1v) is 3.90. The maximum absolute atomic E-state index is 10.4. The minimum absolute atomic E-state index is 0.130. The molecule has 0 spiro atoms. The van der Waals surface area contributed by atoms with Gasteiger partial charge in [0.15, 0.2) is 0 Å². The smallest absolute Gasteiger partial charge is 0.235 e. The molecule has 0 amide bonds. The fraction of sp³-hybridized carbons (Fsp3) is 0.500. The Kier molecular flexibility index (Phi) is 2.66. The Labute approximate surface area is 54.8 Å². The van der Waals surface area contributed by atoms with E-state index in [1.54, 1.807) is 7.05 Å². The average molecular weight is 150 g/mol. The molecule has 0 rings (SSSR count). The minimum Gasteiger partial charge on any atom is -0.393 e. The van der Waals surface area contributed by atoms with Crippen molar-refractivity contribution in [3.63, 3.8) is 0 Å². The van der Waals surface area contributed by atoms with Crippen LogP contribution in [0.3, 0.4) is 0 Å². The summed E-state index contributed by atoms with van der Waals surface area (Å²) in [5.74, 6) is 0. The molecule has 5 heteroatoms. The Morgan fingerprint density at radius 2 is 2.11 bits per heavy atom. The van der Waals surface area contributed by atoms with Crippen LogP contribution >= 0.6 is 0 Å². The van der Waals surface area contributed by atoms with E-state index in [0.29, 0.717) is 0 Å². The Hall–Kier alpha value is -0.550. The molecule has 0 aromatic heterocycles. The monoisotopic (exact) mass is 150 g/mol. The van der Waals surface area contributed by atoms with Crippen molar-refractivity contribution in [2.75, 3.05) is 7.05 Å². The molecule has 54 valence electrons. The van der Waals surface area contributed by atoms with Crippen LogP contribution in [-0.2, 0) is 10.0 Å². The van der Waals surface area contributed by atoms with E-state index in [1.807, 2.05) is 0 Å². The zero-order valence-corrected chi connectivity index (χ0v) is 6.20. The number of hydrogen-bond acceptors (Lipinski definition) is 3. The third-order valence-electron chi connectivity index (χ3n) is 0.796. The van der Waals surface area contributed by atoms with Crippen molar-refractivity contribution in [1.29, 1.82) is 0 Å². The van der Waals surface area contributed by atoms with Crippen LogP contribution in [-0.4, -0.2) is 15.5 Å². The largest absolute Gasteiger partial charge is 0.393 e. The zero-order chi connectivity index (χ0) is 7.49. The second-order valence-electron chi connectivity index (χ2n) is 1.59.